The second-order valence-corrected chi connectivity index (χ2v) is 14.8. The Morgan fingerprint density at radius 3 is 2.28 bits per heavy atom. The first-order valence-corrected chi connectivity index (χ1v) is 17.2. The third kappa shape index (κ3) is 6.29. The molecule has 3 aliphatic rings. The molecule has 5 rings (SSSR count). The van der Waals surface area contributed by atoms with Crippen LogP contribution in [0.25, 0.3) is 11.1 Å². The summed E-state index contributed by atoms with van der Waals surface area (Å²) in [6.45, 7) is 24.5. The molecular formula is C37H48N3O5S+. The molecule has 2 aromatic rings. The Morgan fingerprint density at radius 1 is 1.04 bits per heavy atom. The fraction of sp³-hybridized carbons (Fsp3) is 0.541. The topological polar surface area (TPSA) is 108 Å². The van der Waals surface area contributed by atoms with E-state index in [-0.39, 0.29) is 22.5 Å². The molecule has 0 radical (unpaired) electrons. The molecule has 0 N–H and O–H groups in total. The van der Waals surface area contributed by atoms with E-state index >= 15 is 0 Å². The molecular weight excluding hydrogens is 598 g/mol. The van der Waals surface area contributed by atoms with Crippen LogP contribution in [0.3, 0.4) is 0 Å². The molecule has 0 aromatic heterocycles. The van der Waals surface area contributed by atoms with Gasteiger partial charge in [-0.1, -0.05) is 20.8 Å². The number of ether oxygens (including phenoxy) is 1. The van der Waals surface area contributed by atoms with Crippen LogP contribution in [0.15, 0.2) is 30.3 Å². The molecule has 46 heavy (non-hydrogen) atoms. The van der Waals surface area contributed by atoms with Gasteiger partial charge in [-0.3, -0.25) is 4.79 Å². The summed E-state index contributed by atoms with van der Waals surface area (Å²) in [5.74, 6) is 0.232. The molecule has 0 saturated heterocycles. The van der Waals surface area contributed by atoms with Gasteiger partial charge in [0.05, 0.1) is 12.2 Å². The van der Waals surface area contributed by atoms with Gasteiger partial charge in [-0.05, 0) is 111 Å². The van der Waals surface area contributed by atoms with Crippen molar-refractivity contribution in [3.8, 4) is 6.07 Å². The fourth-order valence-corrected chi connectivity index (χ4v) is 8.13. The van der Waals surface area contributed by atoms with Crippen LogP contribution in [0.4, 0.5) is 5.69 Å². The maximum absolute atomic E-state index is 12.1. The van der Waals surface area contributed by atoms with Crippen LogP contribution in [0.5, 0.6) is 0 Å². The molecule has 0 fully saturated rings. The minimum Gasteiger partial charge on any atom is -0.466 e. The van der Waals surface area contributed by atoms with Gasteiger partial charge in [0.25, 0.3) is 0 Å². The summed E-state index contributed by atoms with van der Waals surface area (Å²) < 4.78 is 33.0. The van der Waals surface area contributed by atoms with E-state index in [9.17, 15) is 10.1 Å². The van der Waals surface area contributed by atoms with Crippen LogP contribution in [0.1, 0.15) is 122 Å². The third-order valence-electron chi connectivity index (χ3n) is 10.0. The normalized spacial score (nSPS) is 19.6. The molecule has 1 aliphatic carbocycles. The summed E-state index contributed by atoms with van der Waals surface area (Å²) in [6, 6.07) is 12.0. The molecule has 246 valence electrons. The van der Waals surface area contributed by atoms with Gasteiger partial charge in [0.1, 0.15) is 12.6 Å². The number of allylic oxidation sites excluding steroid dienone is 1. The number of likely N-dealkylation sites (N-methyl/N-ethyl adjacent to an activating group) is 1. The number of esters is 1. The van der Waals surface area contributed by atoms with Crippen molar-refractivity contribution in [2.45, 2.75) is 111 Å². The molecule has 1 atom stereocenters. The van der Waals surface area contributed by atoms with Crippen molar-refractivity contribution in [3.05, 3.63) is 68.7 Å². The summed E-state index contributed by atoms with van der Waals surface area (Å²) in [5.41, 5.74) is 8.86. The Kier molecular flexibility index (Phi) is 9.76. The number of rotatable bonds is 6. The minimum absolute atomic E-state index is 0.0516. The van der Waals surface area contributed by atoms with Crippen molar-refractivity contribution in [2.75, 3.05) is 24.6 Å². The van der Waals surface area contributed by atoms with Gasteiger partial charge >= 0.3 is 16.6 Å². The maximum atomic E-state index is 12.1. The van der Waals surface area contributed by atoms with Gasteiger partial charge in [0, 0.05) is 55.1 Å². The summed E-state index contributed by atoms with van der Waals surface area (Å²) in [5, 5.41) is 13.0. The van der Waals surface area contributed by atoms with E-state index in [4.69, 9.17) is 17.4 Å². The zero-order valence-electron chi connectivity index (χ0n) is 29.0. The van der Waals surface area contributed by atoms with Crippen molar-refractivity contribution in [3.63, 3.8) is 0 Å². The van der Waals surface area contributed by atoms with Crippen molar-refractivity contribution in [1.82, 2.24) is 4.58 Å². The van der Waals surface area contributed by atoms with E-state index in [0.29, 0.717) is 18.9 Å². The van der Waals surface area contributed by atoms with Crippen LogP contribution in [0.2, 0.25) is 0 Å². The highest BCUT2D eigenvalue weighted by molar-refractivity contribution is 7.59. The number of carbonyl (C=O) groups is 1. The first kappa shape index (κ1) is 35.1. The lowest BCUT2D eigenvalue weighted by atomic mass is 9.67. The second kappa shape index (κ2) is 12.8. The first-order chi connectivity index (χ1) is 21.4. The number of hydrogen-bond donors (Lipinski definition) is 0. The van der Waals surface area contributed by atoms with E-state index in [1.165, 1.54) is 38.9 Å². The highest BCUT2D eigenvalue weighted by Gasteiger charge is 2.41. The predicted molar refractivity (Wildman–Crippen MR) is 182 cm³/mol. The number of nitrogens with zero attached hydrogens (tertiary/aromatic N) is 3. The van der Waals surface area contributed by atoms with E-state index in [2.05, 4.69) is 108 Å². The van der Waals surface area contributed by atoms with E-state index < -0.39 is 10.6 Å². The molecule has 1 unspecified atom stereocenters. The third-order valence-corrected chi connectivity index (χ3v) is 10.0. The average molecular weight is 647 g/mol. The summed E-state index contributed by atoms with van der Waals surface area (Å²) in [4.78, 5) is 14.6. The molecule has 9 heteroatoms. The first-order valence-electron chi connectivity index (χ1n) is 16.2. The maximum Gasteiger partial charge on any atom is 0.425 e. The van der Waals surface area contributed by atoms with Crippen molar-refractivity contribution >= 4 is 33.4 Å². The standard InChI is InChI=1S/C37H48N3O2.O3S/c1-11-39-32-18-30-27(16-25(32)23(3)20-35(39,5)6)29(22-38)28-17-26-24(4)21-36(7,8)40(15-13-14-34(41)42-12-2)33(26)19-31(28)37(30,9)10;1-4(2)3/h16-20,24H,11-15,21H2,1-10H3;/q+1;. The van der Waals surface area contributed by atoms with E-state index in [0.717, 1.165) is 42.3 Å². The average Bonchev–Trinajstić information content (AvgIpc) is 2.93. The Morgan fingerprint density at radius 2 is 1.70 bits per heavy atom. The Balaban J connectivity index is 0.00000113. The largest absolute Gasteiger partial charge is 0.466 e. The van der Waals surface area contributed by atoms with Crippen LogP contribution in [-0.4, -0.2) is 49.4 Å². The molecule has 0 spiro atoms. The van der Waals surface area contributed by atoms with Crippen LogP contribution in [-0.2, 0) is 25.6 Å². The zero-order valence-corrected chi connectivity index (χ0v) is 29.8. The Bertz CT molecular complexity index is 1890. The Hall–Kier alpha value is -3.77. The minimum atomic E-state index is -3.11. The quantitative estimate of drug-likeness (QED) is 0.314. The smallest absolute Gasteiger partial charge is 0.425 e. The van der Waals surface area contributed by atoms with Gasteiger partial charge in [-0.15, -0.1) is 12.6 Å². The number of hydrogen-bond acceptors (Lipinski definition) is 7. The van der Waals surface area contributed by atoms with Gasteiger partial charge in [-0.25, -0.2) is 4.58 Å². The molecule has 2 aromatic carbocycles. The van der Waals surface area contributed by atoms with Crippen molar-refractivity contribution in [1.29, 1.82) is 5.26 Å². The highest BCUT2D eigenvalue weighted by Crippen LogP contribution is 2.48. The predicted octanol–water partition coefficient (Wildman–Crippen LogP) is 5.19. The summed E-state index contributed by atoms with van der Waals surface area (Å²) >= 11 is 0. The number of fused-ring (bicyclic) bond motifs is 4. The molecule has 2 heterocycles. The molecule has 0 bridgehead atoms. The van der Waals surface area contributed by atoms with Crippen molar-refractivity contribution in [2.24, 2.45) is 0 Å². The Labute approximate surface area is 275 Å². The van der Waals surface area contributed by atoms with Gasteiger partial charge in [0.2, 0.25) is 5.36 Å². The SMILES string of the molecule is CCOC(=O)CCCN1c2cc3c(cc2C(C)CC1(C)C)C(C#N)=c1cc2c(cc1C3(C)C)=[N+](CC)C(C)(C)C=C2C.O=S(=O)=O. The number of nitriles is 1. The number of benzene rings is 2. The lowest BCUT2D eigenvalue weighted by molar-refractivity contribution is -0.143. The number of anilines is 1. The van der Waals surface area contributed by atoms with Gasteiger partial charge in [0.15, 0.2) is 5.54 Å². The van der Waals surface area contributed by atoms with Gasteiger partial charge in [-0.2, -0.15) is 5.26 Å². The van der Waals surface area contributed by atoms with Gasteiger partial charge < -0.3 is 9.64 Å². The highest BCUT2D eigenvalue weighted by atomic mass is 32.2. The fourth-order valence-electron chi connectivity index (χ4n) is 8.13. The van der Waals surface area contributed by atoms with Crippen LogP contribution in [0, 0.1) is 11.3 Å². The summed E-state index contributed by atoms with van der Waals surface area (Å²) in [7, 11) is -3.11. The molecule has 2 aliphatic heterocycles. The van der Waals surface area contributed by atoms with E-state index in [1.807, 2.05) is 6.92 Å². The zero-order chi connectivity index (χ0) is 34.4. The molecule has 0 amide bonds. The monoisotopic (exact) mass is 646 g/mol. The second-order valence-electron chi connectivity index (χ2n) is 14.4. The summed E-state index contributed by atoms with van der Waals surface area (Å²) in [6.07, 6.45) is 4.54. The van der Waals surface area contributed by atoms with Crippen LogP contribution < -0.4 is 20.1 Å². The van der Waals surface area contributed by atoms with E-state index in [1.54, 1.807) is 0 Å². The number of carbonyl (C=O) groups excluding carboxylic acids is 1. The van der Waals surface area contributed by atoms with Crippen LogP contribution >= 0.6 is 0 Å². The lowest BCUT2D eigenvalue weighted by Gasteiger charge is -2.49. The lowest BCUT2D eigenvalue weighted by Crippen LogP contribution is -2.50. The molecule has 8 nitrogen and oxygen atoms in total. The molecule has 0 saturated carbocycles. The van der Waals surface area contributed by atoms with Crippen molar-refractivity contribution < 1.29 is 22.2 Å².